The maximum absolute atomic E-state index is 12.1. The quantitative estimate of drug-likeness (QED) is 0.865. The molecule has 0 bridgehead atoms. The van der Waals surface area contributed by atoms with Crippen LogP contribution in [0.5, 0.6) is 0 Å². The van der Waals surface area contributed by atoms with Crippen molar-refractivity contribution >= 4 is 40.7 Å². The second-order valence-electron chi connectivity index (χ2n) is 5.87. The Labute approximate surface area is 147 Å². The van der Waals surface area contributed by atoms with E-state index < -0.39 is 0 Å². The molecule has 1 aromatic rings. The molecule has 0 unspecified atom stereocenters. The van der Waals surface area contributed by atoms with Gasteiger partial charge >= 0.3 is 0 Å². The number of nitrogens with one attached hydrogen (secondary N) is 1. The molecule has 0 aliphatic heterocycles. The van der Waals surface area contributed by atoms with Gasteiger partial charge in [-0.25, -0.2) is 0 Å². The summed E-state index contributed by atoms with van der Waals surface area (Å²) < 4.78 is 0. The summed E-state index contributed by atoms with van der Waals surface area (Å²) in [5.74, 6) is 0.0655. The van der Waals surface area contributed by atoms with Gasteiger partial charge in [-0.3, -0.25) is 9.59 Å². The van der Waals surface area contributed by atoms with Crippen LogP contribution in [0.4, 0.5) is 5.69 Å². The second-order valence-corrected chi connectivity index (χ2v) is 6.65. The number of anilines is 1. The fourth-order valence-electron chi connectivity index (χ4n) is 2.95. The maximum atomic E-state index is 12.1. The lowest BCUT2D eigenvalue weighted by molar-refractivity contribution is -0.126. The van der Waals surface area contributed by atoms with Crippen molar-refractivity contribution in [2.45, 2.75) is 39.0 Å². The largest absolute Gasteiger partial charge is 0.354 e. The standard InChI is InChI=1S/C17H22Cl2N2O2/c1-12(22)21(15-9-5-8-14(18)16(15)19)11-10-20-17(23)13-6-3-2-4-7-13/h5,8-9,13H,2-4,6-7,10-11H2,1H3,(H,20,23). The highest BCUT2D eigenvalue weighted by atomic mass is 35.5. The zero-order valence-corrected chi connectivity index (χ0v) is 14.8. The maximum Gasteiger partial charge on any atom is 0.223 e. The summed E-state index contributed by atoms with van der Waals surface area (Å²) in [7, 11) is 0. The van der Waals surface area contributed by atoms with Crippen LogP contribution in [0, 0.1) is 5.92 Å². The van der Waals surface area contributed by atoms with E-state index >= 15 is 0 Å². The fourth-order valence-corrected chi connectivity index (χ4v) is 3.35. The number of hydrogen-bond acceptors (Lipinski definition) is 2. The summed E-state index contributed by atoms with van der Waals surface area (Å²) in [5, 5.41) is 3.69. The van der Waals surface area contributed by atoms with Crippen molar-refractivity contribution in [3.63, 3.8) is 0 Å². The number of amides is 2. The van der Waals surface area contributed by atoms with Crippen LogP contribution < -0.4 is 10.2 Å². The fraction of sp³-hybridized carbons (Fsp3) is 0.529. The summed E-state index contributed by atoms with van der Waals surface area (Å²) in [4.78, 5) is 25.6. The van der Waals surface area contributed by atoms with Crippen LogP contribution in [0.1, 0.15) is 39.0 Å². The molecule has 1 aromatic carbocycles. The van der Waals surface area contributed by atoms with Gasteiger partial charge in [-0.1, -0.05) is 48.5 Å². The van der Waals surface area contributed by atoms with Crippen LogP contribution in [-0.2, 0) is 9.59 Å². The summed E-state index contributed by atoms with van der Waals surface area (Å²) >= 11 is 12.2. The molecule has 2 amide bonds. The minimum absolute atomic E-state index is 0.0883. The third-order valence-corrected chi connectivity index (χ3v) is 5.02. The van der Waals surface area contributed by atoms with E-state index in [-0.39, 0.29) is 17.7 Å². The van der Waals surface area contributed by atoms with Crippen molar-refractivity contribution in [2.75, 3.05) is 18.0 Å². The zero-order chi connectivity index (χ0) is 16.8. The van der Waals surface area contributed by atoms with Crippen molar-refractivity contribution in [3.8, 4) is 0 Å². The molecular formula is C17H22Cl2N2O2. The van der Waals surface area contributed by atoms with E-state index in [1.807, 2.05) is 0 Å². The monoisotopic (exact) mass is 356 g/mol. The molecule has 0 spiro atoms. The lowest BCUT2D eigenvalue weighted by Crippen LogP contribution is -2.40. The molecular weight excluding hydrogens is 335 g/mol. The highest BCUT2D eigenvalue weighted by Gasteiger charge is 2.21. The molecule has 6 heteroatoms. The molecule has 4 nitrogen and oxygen atoms in total. The average Bonchev–Trinajstić information content (AvgIpc) is 2.55. The highest BCUT2D eigenvalue weighted by Crippen LogP contribution is 2.32. The van der Waals surface area contributed by atoms with Crippen LogP contribution in [0.15, 0.2) is 18.2 Å². The molecule has 1 fully saturated rings. The van der Waals surface area contributed by atoms with Gasteiger partial charge in [0.2, 0.25) is 11.8 Å². The molecule has 0 atom stereocenters. The molecule has 1 aliphatic rings. The predicted molar refractivity (Wildman–Crippen MR) is 94.1 cm³/mol. The van der Waals surface area contributed by atoms with E-state index in [1.165, 1.54) is 18.2 Å². The molecule has 1 saturated carbocycles. The van der Waals surface area contributed by atoms with Gasteiger partial charge in [0.1, 0.15) is 0 Å². The van der Waals surface area contributed by atoms with Crippen molar-refractivity contribution < 1.29 is 9.59 Å². The van der Waals surface area contributed by atoms with Crippen molar-refractivity contribution in [3.05, 3.63) is 28.2 Å². The van der Waals surface area contributed by atoms with Crippen molar-refractivity contribution in [2.24, 2.45) is 5.92 Å². The highest BCUT2D eigenvalue weighted by molar-refractivity contribution is 6.44. The van der Waals surface area contributed by atoms with Gasteiger partial charge < -0.3 is 10.2 Å². The lowest BCUT2D eigenvalue weighted by atomic mass is 9.89. The third-order valence-electron chi connectivity index (χ3n) is 4.21. The smallest absolute Gasteiger partial charge is 0.223 e. The SMILES string of the molecule is CC(=O)N(CCNC(=O)C1CCCCC1)c1cccc(Cl)c1Cl. The van der Waals surface area contributed by atoms with Crippen molar-refractivity contribution in [1.29, 1.82) is 0 Å². The van der Waals surface area contributed by atoms with E-state index in [1.54, 1.807) is 18.2 Å². The normalized spacial score (nSPS) is 15.3. The number of halogens is 2. The van der Waals surface area contributed by atoms with E-state index in [2.05, 4.69) is 5.32 Å². The van der Waals surface area contributed by atoms with Gasteiger partial charge in [0.15, 0.2) is 0 Å². The molecule has 1 aliphatic carbocycles. The minimum atomic E-state index is -0.138. The third kappa shape index (κ3) is 4.85. The van der Waals surface area contributed by atoms with Gasteiger partial charge in [0.25, 0.3) is 0 Å². The molecule has 0 aromatic heterocycles. The Bertz CT molecular complexity index is 572. The zero-order valence-electron chi connectivity index (χ0n) is 13.3. The Morgan fingerprint density at radius 1 is 1.22 bits per heavy atom. The van der Waals surface area contributed by atoms with Crippen LogP contribution >= 0.6 is 23.2 Å². The Morgan fingerprint density at radius 2 is 1.91 bits per heavy atom. The number of rotatable bonds is 5. The summed E-state index contributed by atoms with van der Waals surface area (Å²) in [6, 6.07) is 5.18. The molecule has 1 N–H and O–H groups in total. The Hall–Kier alpha value is -1.26. The topological polar surface area (TPSA) is 49.4 Å². The number of benzene rings is 1. The van der Waals surface area contributed by atoms with Gasteiger partial charge in [0, 0.05) is 25.9 Å². The Balaban J connectivity index is 1.94. The first kappa shape index (κ1) is 18.1. The molecule has 2 rings (SSSR count). The first-order valence-corrected chi connectivity index (χ1v) is 8.76. The second kappa shape index (κ2) is 8.55. The van der Waals surface area contributed by atoms with Gasteiger partial charge in [-0.15, -0.1) is 0 Å². The molecule has 0 radical (unpaired) electrons. The number of carbonyl (C=O) groups excluding carboxylic acids is 2. The van der Waals surface area contributed by atoms with Crippen LogP contribution in [0.25, 0.3) is 0 Å². The van der Waals surface area contributed by atoms with E-state index in [0.29, 0.717) is 28.8 Å². The Morgan fingerprint density at radius 3 is 2.57 bits per heavy atom. The van der Waals surface area contributed by atoms with Gasteiger partial charge in [0.05, 0.1) is 15.7 Å². The van der Waals surface area contributed by atoms with Crippen molar-refractivity contribution in [1.82, 2.24) is 5.32 Å². The molecule has 23 heavy (non-hydrogen) atoms. The summed E-state index contributed by atoms with van der Waals surface area (Å²) in [6.07, 6.45) is 5.38. The molecule has 0 heterocycles. The number of hydrogen-bond donors (Lipinski definition) is 1. The Kier molecular flexibility index (Phi) is 6.72. The number of carbonyl (C=O) groups is 2. The first-order chi connectivity index (χ1) is 11.0. The summed E-state index contributed by atoms with van der Waals surface area (Å²) in [6.45, 7) is 2.24. The van der Waals surface area contributed by atoms with E-state index in [9.17, 15) is 9.59 Å². The van der Waals surface area contributed by atoms with Crippen LogP contribution in [-0.4, -0.2) is 24.9 Å². The first-order valence-electron chi connectivity index (χ1n) is 8.00. The minimum Gasteiger partial charge on any atom is -0.354 e. The molecule has 126 valence electrons. The van der Waals surface area contributed by atoms with Gasteiger partial charge in [-0.05, 0) is 25.0 Å². The van der Waals surface area contributed by atoms with E-state index in [0.717, 1.165) is 25.7 Å². The molecule has 0 saturated heterocycles. The average molecular weight is 357 g/mol. The van der Waals surface area contributed by atoms with Gasteiger partial charge in [-0.2, -0.15) is 0 Å². The number of nitrogens with zero attached hydrogens (tertiary/aromatic N) is 1. The lowest BCUT2D eigenvalue weighted by Gasteiger charge is -2.24. The summed E-state index contributed by atoms with van der Waals surface area (Å²) in [5.41, 5.74) is 0.568. The predicted octanol–water partition coefficient (Wildman–Crippen LogP) is 4.04. The van der Waals surface area contributed by atoms with Crippen LogP contribution in [0.2, 0.25) is 10.0 Å². The van der Waals surface area contributed by atoms with E-state index in [4.69, 9.17) is 23.2 Å². The van der Waals surface area contributed by atoms with Crippen LogP contribution in [0.3, 0.4) is 0 Å².